The van der Waals surface area contributed by atoms with Crippen molar-refractivity contribution in [2.24, 2.45) is 0 Å². The van der Waals surface area contributed by atoms with E-state index >= 15 is 0 Å². The van der Waals surface area contributed by atoms with Crippen molar-refractivity contribution in [2.45, 2.75) is 393 Å². The monoisotopic (exact) mass is 1040 g/mol. The van der Waals surface area contributed by atoms with E-state index in [2.05, 4.69) is 32.9 Å². The van der Waals surface area contributed by atoms with E-state index in [4.69, 9.17) is 14.2 Å². The molecule has 6 heteroatoms. The number of carbonyl (C=O) groups excluding carboxylic acids is 3. The van der Waals surface area contributed by atoms with Crippen molar-refractivity contribution in [3.05, 3.63) is 12.2 Å². The Bertz CT molecular complexity index is 1150. The van der Waals surface area contributed by atoms with Crippen molar-refractivity contribution >= 4 is 17.9 Å². The van der Waals surface area contributed by atoms with Gasteiger partial charge in [0.2, 0.25) is 0 Å². The topological polar surface area (TPSA) is 78.9 Å². The normalized spacial score (nSPS) is 12.0. The molecule has 6 nitrogen and oxygen atoms in total. The smallest absolute Gasteiger partial charge is 0.306 e. The summed E-state index contributed by atoms with van der Waals surface area (Å²) in [6.45, 7) is 6.64. The van der Waals surface area contributed by atoms with Gasteiger partial charge >= 0.3 is 17.9 Å². The minimum atomic E-state index is -0.766. The molecule has 0 aromatic heterocycles. The van der Waals surface area contributed by atoms with Gasteiger partial charge in [0.15, 0.2) is 6.10 Å². The molecule has 0 saturated heterocycles. The predicted octanol–water partition coefficient (Wildman–Crippen LogP) is 22.8. The average Bonchev–Trinajstić information content (AvgIpc) is 3.40. The largest absolute Gasteiger partial charge is 0.462 e. The van der Waals surface area contributed by atoms with Gasteiger partial charge in [0.25, 0.3) is 0 Å². The van der Waals surface area contributed by atoms with Crippen molar-refractivity contribution in [1.82, 2.24) is 0 Å². The Labute approximate surface area is 462 Å². The third kappa shape index (κ3) is 61.0. The Hall–Kier alpha value is -1.85. The van der Waals surface area contributed by atoms with Gasteiger partial charge in [-0.15, -0.1) is 0 Å². The van der Waals surface area contributed by atoms with Crippen LogP contribution in [0.5, 0.6) is 0 Å². The minimum absolute atomic E-state index is 0.0667. The van der Waals surface area contributed by atoms with Crippen molar-refractivity contribution in [3.8, 4) is 0 Å². The summed E-state index contributed by atoms with van der Waals surface area (Å²) in [5.74, 6) is -0.856. The lowest BCUT2D eigenvalue weighted by atomic mass is 10.0. The highest BCUT2D eigenvalue weighted by molar-refractivity contribution is 5.71. The molecule has 0 aromatic rings. The van der Waals surface area contributed by atoms with Crippen molar-refractivity contribution < 1.29 is 28.6 Å². The Morgan fingerprint density at radius 1 is 0.257 bits per heavy atom. The summed E-state index contributed by atoms with van der Waals surface area (Å²) in [6.07, 6.45) is 75.7. The van der Waals surface area contributed by atoms with E-state index in [0.717, 1.165) is 57.8 Å². The molecule has 0 rings (SSSR count). The zero-order valence-electron chi connectivity index (χ0n) is 50.4. The van der Waals surface area contributed by atoms with Crippen LogP contribution >= 0.6 is 0 Å². The van der Waals surface area contributed by atoms with Gasteiger partial charge in [-0.1, -0.05) is 335 Å². The van der Waals surface area contributed by atoms with Crippen LogP contribution < -0.4 is 0 Å². The number of esters is 3. The molecule has 1 unspecified atom stereocenters. The Kier molecular flexibility index (Phi) is 62.1. The van der Waals surface area contributed by atoms with Crippen LogP contribution in [0.15, 0.2) is 12.2 Å². The molecular weight excluding hydrogens is 913 g/mol. The second kappa shape index (κ2) is 63.7. The van der Waals surface area contributed by atoms with Gasteiger partial charge < -0.3 is 14.2 Å². The SMILES string of the molecule is CCCCCCCCC/C=C\CCCCCCCCCC(=O)OC(COC(=O)CCCCCCCC)COC(=O)CCCCCCCCCCCCCCCCCCCCCCCCCCCCCCCCCC. The van der Waals surface area contributed by atoms with Gasteiger partial charge in [0.1, 0.15) is 13.2 Å². The first-order valence-electron chi connectivity index (χ1n) is 33.7. The molecular formula is C68H130O6. The fraction of sp³-hybridized carbons (Fsp3) is 0.926. The van der Waals surface area contributed by atoms with Gasteiger partial charge in [-0.25, -0.2) is 0 Å². The molecule has 74 heavy (non-hydrogen) atoms. The highest BCUT2D eigenvalue weighted by Crippen LogP contribution is 2.19. The number of allylic oxidation sites excluding steroid dienone is 2. The Morgan fingerprint density at radius 3 is 0.676 bits per heavy atom. The lowest BCUT2D eigenvalue weighted by Crippen LogP contribution is -2.30. The van der Waals surface area contributed by atoms with Gasteiger partial charge in [0, 0.05) is 19.3 Å². The lowest BCUT2D eigenvalue weighted by molar-refractivity contribution is -0.167. The Balaban J connectivity index is 3.92. The molecule has 0 saturated carbocycles. The summed E-state index contributed by atoms with van der Waals surface area (Å²) in [5.41, 5.74) is 0. The van der Waals surface area contributed by atoms with E-state index in [1.165, 1.54) is 289 Å². The average molecular weight is 1040 g/mol. The van der Waals surface area contributed by atoms with Crippen LogP contribution in [0.25, 0.3) is 0 Å². The number of hydrogen-bond acceptors (Lipinski definition) is 6. The molecule has 0 aliphatic heterocycles. The molecule has 0 amide bonds. The van der Waals surface area contributed by atoms with Crippen LogP contribution in [-0.2, 0) is 28.6 Å². The van der Waals surface area contributed by atoms with E-state index in [0.29, 0.717) is 19.3 Å². The maximum atomic E-state index is 12.8. The molecule has 1 atom stereocenters. The fourth-order valence-corrected chi connectivity index (χ4v) is 10.4. The van der Waals surface area contributed by atoms with E-state index in [1.807, 2.05) is 0 Å². The summed E-state index contributed by atoms with van der Waals surface area (Å²) in [5, 5.41) is 0. The van der Waals surface area contributed by atoms with Gasteiger partial charge in [-0.3, -0.25) is 14.4 Å². The molecule has 0 N–H and O–H groups in total. The van der Waals surface area contributed by atoms with Crippen molar-refractivity contribution in [3.63, 3.8) is 0 Å². The van der Waals surface area contributed by atoms with E-state index < -0.39 is 6.10 Å². The molecule has 0 heterocycles. The molecule has 438 valence electrons. The zero-order chi connectivity index (χ0) is 53.6. The number of unbranched alkanes of at least 4 members (excludes halogenated alkanes) is 50. The van der Waals surface area contributed by atoms with Crippen molar-refractivity contribution in [2.75, 3.05) is 13.2 Å². The predicted molar refractivity (Wildman–Crippen MR) is 321 cm³/mol. The molecule has 0 fully saturated rings. The summed E-state index contributed by atoms with van der Waals surface area (Å²) in [6, 6.07) is 0. The van der Waals surface area contributed by atoms with E-state index in [-0.39, 0.29) is 31.1 Å². The van der Waals surface area contributed by atoms with Crippen LogP contribution in [0.2, 0.25) is 0 Å². The number of ether oxygens (including phenoxy) is 3. The first-order valence-corrected chi connectivity index (χ1v) is 33.7. The van der Waals surface area contributed by atoms with Gasteiger partial charge in [-0.2, -0.15) is 0 Å². The van der Waals surface area contributed by atoms with Crippen LogP contribution in [0.1, 0.15) is 387 Å². The van der Waals surface area contributed by atoms with E-state index in [9.17, 15) is 14.4 Å². The standard InChI is InChI=1S/C68H130O6/c1-4-7-10-13-16-18-20-22-24-26-28-29-30-31-32-33-34-35-36-37-38-39-40-41-43-44-46-48-50-52-55-58-61-67(70)73-64-65(63-72-66(69)60-57-54-15-12-9-6-3)74-68(71)62-59-56-53-51-49-47-45-42-27-25-23-21-19-17-14-11-8-5-2/h25,27,65H,4-24,26,28-64H2,1-3H3/b27-25-. The maximum Gasteiger partial charge on any atom is 0.306 e. The lowest BCUT2D eigenvalue weighted by Gasteiger charge is -2.18. The summed E-state index contributed by atoms with van der Waals surface area (Å²) in [7, 11) is 0. The van der Waals surface area contributed by atoms with Gasteiger partial charge in [0.05, 0.1) is 0 Å². The molecule has 0 aromatic carbocycles. The first-order chi connectivity index (χ1) is 36.5. The number of rotatable bonds is 63. The summed E-state index contributed by atoms with van der Waals surface area (Å²) in [4.78, 5) is 38.0. The second-order valence-corrected chi connectivity index (χ2v) is 23.1. The summed E-state index contributed by atoms with van der Waals surface area (Å²) >= 11 is 0. The zero-order valence-corrected chi connectivity index (χ0v) is 50.4. The Morgan fingerprint density at radius 2 is 0.446 bits per heavy atom. The third-order valence-electron chi connectivity index (χ3n) is 15.5. The first kappa shape index (κ1) is 72.2. The number of hydrogen-bond donors (Lipinski definition) is 0. The van der Waals surface area contributed by atoms with Crippen LogP contribution in [0.4, 0.5) is 0 Å². The molecule has 0 bridgehead atoms. The van der Waals surface area contributed by atoms with Gasteiger partial charge in [-0.05, 0) is 44.9 Å². The molecule has 0 aliphatic rings. The third-order valence-corrected chi connectivity index (χ3v) is 15.5. The molecule has 0 radical (unpaired) electrons. The number of carbonyl (C=O) groups is 3. The van der Waals surface area contributed by atoms with Crippen LogP contribution in [-0.4, -0.2) is 37.2 Å². The quantitative estimate of drug-likeness (QED) is 0.0261. The fourth-order valence-electron chi connectivity index (χ4n) is 10.4. The molecule has 0 spiro atoms. The minimum Gasteiger partial charge on any atom is -0.462 e. The highest BCUT2D eigenvalue weighted by Gasteiger charge is 2.19. The summed E-state index contributed by atoms with van der Waals surface area (Å²) < 4.78 is 16.8. The van der Waals surface area contributed by atoms with Crippen molar-refractivity contribution in [1.29, 1.82) is 0 Å². The van der Waals surface area contributed by atoms with Crippen LogP contribution in [0.3, 0.4) is 0 Å². The maximum absolute atomic E-state index is 12.8. The highest BCUT2D eigenvalue weighted by atomic mass is 16.6. The van der Waals surface area contributed by atoms with E-state index in [1.54, 1.807) is 0 Å². The second-order valence-electron chi connectivity index (χ2n) is 23.1. The van der Waals surface area contributed by atoms with Crippen LogP contribution in [0, 0.1) is 0 Å². The molecule has 0 aliphatic carbocycles.